The molecule has 0 heterocycles. The van der Waals surface area contributed by atoms with E-state index < -0.39 is 66.5 Å². The van der Waals surface area contributed by atoms with Crippen LogP contribution in [0.3, 0.4) is 0 Å². The molecule has 0 aliphatic rings. The molecule has 0 aliphatic carbocycles. The average Bonchev–Trinajstić information content (AvgIpc) is 2.69. The van der Waals surface area contributed by atoms with Gasteiger partial charge in [0.2, 0.25) is 17.7 Å². The minimum absolute atomic E-state index is 0.0788. The van der Waals surface area contributed by atoms with Crippen molar-refractivity contribution in [2.24, 2.45) is 28.1 Å². The summed E-state index contributed by atoms with van der Waals surface area (Å²) in [5.74, 6) is -4.37. The lowest BCUT2D eigenvalue weighted by Gasteiger charge is -2.27. The van der Waals surface area contributed by atoms with Crippen LogP contribution in [0.1, 0.15) is 33.6 Å². The van der Waals surface area contributed by atoms with Crippen LogP contribution in [0.4, 0.5) is 0 Å². The fourth-order valence-electron chi connectivity index (χ4n) is 2.54. The Balaban J connectivity index is 5.14. The van der Waals surface area contributed by atoms with Crippen molar-refractivity contribution >= 4 is 29.7 Å². The van der Waals surface area contributed by atoms with Crippen LogP contribution >= 0.6 is 0 Å². The second kappa shape index (κ2) is 14.2. The molecule has 5 atom stereocenters. The molecule has 0 aromatic carbocycles. The molecule has 0 saturated heterocycles. The fourth-order valence-corrected chi connectivity index (χ4v) is 2.54. The van der Waals surface area contributed by atoms with E-state index in [0.29, 0.717) is 6.42 Å². The number of carbonyl (C=O) groups excluding carboxylic acids is 3. The number of aliphatic hydroxyl groups is 2. The van der Waals surface area contributed by atoms with Crippen molar-refractivity contribution in [1.29, 1.82) is 0 Å². The Morgan fingerprint density at radius 1 is 0.938 bits per heavy atom. The maximum Gasteiger partial charge on any atom is 0.328 e. The van der Waals surface area contributed by atoms with Crippen molar-refractivity contribution in [2.45, 2.75) is 63.9 Å². The number of nitrogens with zero attached hydrogens (tertiary/aromatic N) is 1. The van der Waals surface area contributed by atoms with Crippen LogP contribution in [0.5, 0.6) is 0 Å². The summed E-state index contributed by atoms with van der Waals surface area (Å²) in [5.41, 5.74) is 16.3. The van der Waals surface area contributed by atoms with Gasteiger partial charge in [-0.25, -0.2) is 4.79 Å². The Kier molecular flexibility index (Phi) is 12.8. The maximum absolute atomic E-state index is 12.7. The summed E-state index contributed by atoms with van der Waals surface area (Å²) < 4.78 is 0. The molecule has 14 heteroatoms. The fraction of sp³-hybridized carbons (Fsp3) is 0.722. The van der Waals surface area contributed by atoms with Gasteiger partial charge >= 0.3 is 5.97 Å². The number of carbonyl (C=O) groups is 4. The molecule has 0 aliphatic heterocycles. The first-order chi connectivity index (χ1) is 14.8. The Morgan fingerprint density at radius 3 is 1.91 bits per heavy atom. The molecule has 32 heavy (non-hydrogen) atoms. The van der Waals surface area contributed by atoms with Gasteiger partial charge in [0.05, 0.1) is 18.8 Å². The highest BCUT2D eigenvalue weighted by molar-refractivity contribution is 5.94. The number of guanidine groups is 1. The lowest BCUT2D eigenvalue weighted by atomic mass is 10.0. The number of nitrogens with two attached hydrogens (primary N) is 3. The Hall–Kier alpha value is -2.97. The quantitative estimate of drug-likeness (QED) is 0.0686. The van der Waals surface area contributed by atoms with Crippen LogP contribution in [-0.2, 0) is 19.2 Å². The lowest BCUT2D eigenvalue weighted by molar-refractivity contribution is -0.144. The number of hydrogen-bond donors (Lipinski definition) is 9. The largest absolute Gasteiger partial charge is 0.480 e. The van der Waals surface area contributed by atoms with Gasteiger partial charge in [0.25, 0.3) is 0 Å². The van der Waals surface area contributed by atoms with Gasteiger partial charge in [-0.1, -0.05) is 13.8 Å². The van der Waals surface area contributed by atoms with E-state index in [-0.39, 0.29) is 18.9 Å². The highest BCUT2D eigenvalue weighted by Crippen LogP contribution is 2.06. The molecule has 0 spiro atoms. The minimum atomic E-state index is -1.61. The number of rotatable bonds is 14. The number of aliphatic carboxylic acids is 1. The molecule has 5 unspecified atom stereocenters. The molecular formula is C18H35N7O7. The van der Waals surface area contributed by atoms with Crippen molar-refractivity contribution in [3.63, 3.8) is 0 Å². The van der Waals surface area contributed by atoms with Crippen molar-refractivity contribution < 1.29 is 34.5 Å². The predicted octanol–water partition coefficient (Wildman–Crippen LogP) is -4.06. The predicted molar refractivity (Wildman–Crippen MR) is 115 cm³/mol. The Labute approximate surface area is 186 Å². The number of nitrogens with one attached hydrogen (secondary N) is 3. The first kappa shape index (κ1) is 29.0. The zero-order chi connectivity index (χ0) is 25.0. The van der Waals surface area contributed by atoms with Gasteiger partial charge in [-0.05, 0) is 25.7 Å². The SMILES string of the molecule is CC(C)C(NC(=O)C(N)CCCN=C(N)N)C(=O)NC(C(=O)NC(CO)C(=O)O)C(C)O. The first-order valence-corrected chi connectivity index (χ1v) is 10.1. The van der Waals surface area contributed by atoms with Crippen molar-refractivity contribution in [3.8, 4) is 0 Å². The number of aliphatic imine (C=N–C) groups is 1. The summed E-state index contributed by atoms with van der Waals surface area (Å²) in [6.45, 7) is 3.92. The normalized spacial score (nSPS) is 15.6. The third-order valence-electron chi connectivity index (χ3n) is 4.41. The number of aliphatic hydroxyl groups excluding tert-OH is 2. The van der Waals surface area contributed by atoms with Gasteiger partial charge in [0.15, 0.2) is 5.96 Å². The Bertz CT molecular complexity index is 681. The van der Waals surface area contributed by atoms with E-state index >= 15 is 0 Å². The average molecular weight is 462 g/mol. The molecule has 0 radical (unpaired) electrons. The van der Waals surface area contributed by atoms with Gasteiger partial charge < -0.3 is 48.5 Å². The van der Waals surface area contributed by atoms with Gasteiger partial charge in [-0.3, -0.25) is 19.4 Å². The zero-order valence-corrected chi connectivity index (χ0v) is 18.4. The van der Waals surface area contributed by atoms with Crippen LogP contribution in [0.2, 0.25) is 0 Å². The first-order valence-electron chi connectivity index (χ1n) is 10.1. The second-order valence-electron chi connectivity index (χ2n) is 7.59. The summed E-state index contributed by atoms with van der Waals surface area (Å²) in [4.78, 5) is 52.2. The summed E-state index contributed by atoms with van der Waals surface area (Å²) in [7, 11) is 0. The maximum atomic E-state index is 12.7. The Morgan fingerprint density at radius 2 is 1.47 bits per heavy atom. The van der Waals surface area contributed by atoms with Crippen LogP contribution in [0, 0.1) is 5.92 Å². The van der Waals surface area contributed by atoms with Crippen molar-refractivity contribution in [1.82, 2.24) is 16.0 Å². The van der Waals surface area contributed by atoms with E-state index in [2.05, 4.69) is 15.6 Å². The molecule has 0 aromatic heterocycles. The van der Waals surface area contributed by atoms with E-state index in [1.54, 1.807) is 13.8 Å². The molecule has 3 amide bonds. The van der Waals surface area contributed by atoms with Crippen molar-refractivity contribution in [3.05, 3.63) is 0 Å². The molecule has 12 N–H and O–H groups in total. The van der Waals surface area contributed by atoms with Crippen molar-refractivity contribution in [2.75, 3.05) is 13.2 Å². The lowest BCUT2D eigenvalue weighted by Crippen LogP contribution is -2.61. The second-order valence-corrected chi connectivity index (χ2v) is 7.59. The molecule has 0 fully saturated rings. The molecule has 184 valence electrons. The molecule has 0 aromatic rings. The van der Waals surface area contributed by atoms with E-state index in [4.69, 9.17) is 27.4 Å². The van der Waals surface area contributed by atoms with E-state index in [1.807, 2.05) is 5.32 Å². The third kappa shape index (κ3) is 10.4. The number of carboxylic acids is 1. The third-order valence-corrected chi connectivity index (χ3v) is 4.41. The summed E-state index contributed by atoms with van der Waals surface area (Å²) >= 11 is 0. The highest BCUT2D eigenvalue weighted by Gasteiger charge is 2.33. The van der Waals surface area contributed by atoms with E-state index in [0.717, 1.165) is 0 Å². The van der Waals surface area contributed by atoms with Gasteiger partial charge in [-0.2, -0.15) is 0 Å². The molecular weight excluding hydrogens is 426 g/mol. The minimum Gasteiger partial charge on any atom is -0.480 e. The number of amides is 3. The highest BCUT2D eigenvalue weighted by atomic mass is 16.4. The standard InChI is InChI=1S/C18H35N7O7/c1-8(2)12(24-14(28)10(19)5-4-6-22-18(20)21)15(29)25-13(9(3)27)16(30)23-11(7-26)17(31)32/h8-13,26-27H,4-7,19H2,1-3H3,(H,23,30)(H,24,28)(H,25,29)(H,31,32)(H4,20,21,22). The van der Waals surface area contributed by atoms with E-state index in [9.17, 15) is 24.3 Å². The van der Waals surface area contributed by atoms with Gasteiger partial charge in [-0.15, -0.1) is 0 Å². The molecule has 14 nitrogen and oxygen atoms in total. The zero-order valence-electron chi connectivity index (χ0n) is 18.4. The van der Waals surface area contributed by atoms with E-state index in [1.165, 1.54) is 6.92 Å². The number of carboxylic acid groups (broad SMARTS) is 1. The smallest absolute Gasteiger partial charge is 0.328 e. The summed E-state index contributed by atoms with van der Waals surface area (Å²) in [6, 6.07) is -5.16. The van der Waals surface area contributed by atoms with Crippen LogP contribution < -0.4 is 33.2 Å². The summed E-state index contributed by atoms with van der Waals surface area (Å²) in [5, 5.41) is 34.7. The van der Waals surface area contributed by atoms with Crippen LogP contribution in [-0.4, -0.2) is 88.4 Å². The summed E-state index contributed by atoms with van der Waals surface area (Å²) in [6.07, 6.45) is -0.704. The monoisotopic (exact) mass is 461 g/mol. The van der Waals surface area contributed by atoms with Crippen LogP contribution in [0.25, 0.3) is 0 Å². The molecule has 0 bridgehead atoms. The molecule has 0 rings (SSSR count). The van der Waals surface area contributed by atoms with Crippen LogP contribution in [0.15, 0.2) is 4.99 Å². The van der Waals surface area contributed by atoms with Gasteiger partial charge in [0, 0.05) is 6.54 Å². The number of hydrogen-bond acceptors (Lipinski definition) is 8. The molecule has 0 saturated carbocycles. The van der Waals surface area contributed by atoms with Gasteiger partial charge in [0.1, 0.15) is 18.1 Å². The topological polar surface area (TPSA) is 255 Å².